The summed E-state index contributed by atoms with van der Waals surface area (Å²) in [4.78, 5) is 10.9. The zero-order valence-corrected chi connectivity index (χ0v) is 12.1. The third-order valence-corrected chi connectivity index (χ3v) is 4.49. The SMILES string of the molecule is COC(=O)CCCCCNS(=O)(=O)N1CCOCC1. The average molecular weight is 294 g/mol. The Balaban J connectivity index is 2.12. The Bertz CT molecular complexity index is 365. The van der Waals surface area contributed by atoms with E-state index in [1.165, 1.54) is 11.4 Å². The lowest BCUT2D eigenvalue weighted by molar-refractivity contribution is -0.140. The van der Waals surface area contributed by atoms with Crippen molar-refractivity contribution in [2.75, 3.05) is 40.0 Å². The van der Waals surface area contributed by atoms with Crippen molar-refractivity contribution in [1.82, 2.24) is 9.03 Å². The van der Waals surface area contributed by atoms with Crippen molar-refractivity contribution in [3.05, 3.63) is 0 Å². The summed E-state index contributed by atoms with van der Waals surface area (Å²) in [6.07, 6.45) is 2.60. The maximum atomic E-state index is 11.9. The van der Waals surface area contributed by atoms with Gasteiger partial charge in [0, 0.05) is 26.1 Å². The Morgan fingerprint density at radius 3 is 2.58 bits per heavy atom. The predicted molar refractivity (Wildman–Crippen MR) is 69.8 cm³/mol. The van der Waals surface area contributed by atoms with Gasteiger partial charge in [-0.2, -0.15) is 12.7 Å². The van der Waals surface area contributed by atoms with Crippen LogP contribution in [-0.4, -0.2) is 58.7 Å². The summed E-state index contributed by atoms with van der Waals surface area (Å²) in [5.41, 5.74) is 0. The molecule has 1 heterocycles. The van der Waals surface area contributed by atoms with E-state index in [1.807, 2.05) is 0 Å². The van der Waals surface area contributed by atoms with Crippen LogP contribution in [0.1, 0.15) is 25.7 Å². The molecule has 1 fully saturated rings. The molecule has 0 saturated carbocycles. The van der Waals surface area contributed by atoms with Gasteiger partial charge in [0.05, 0.1) is 20.3 Å². The number of unbranched alkanes of at least 4 members (excludes halogenated alkanes) is 2. The molecule has 0 amide bonds. The molecule has 112 valence electrons. The summed E-state index contributed by atoms with van der Waals surface area (Å²) in [6.45, 7) is 2.08. The van der Waals surface area contributed by atoms with Crippen LogP contribution >= 0.6 is 0 Å². The standard InChI is InChI=1S/C11H22N2O5S/c1-17-11(14)5-3-2-4-6-12-19(15,16)13-7-9-18-10-8-13/h12H,2-10H2,1H3. The highest BCUT2D eigenvalue weighted by atomic mass is 32.2. The summed E-state index contributed by atoms with van der Waals surface area (Å²) < 4.78 is 37.3. The fourth-order valence-electron chi connectivity index (χ4n) is 1.75. The van der Waals surface area contributed by atoms with Gasteiger partial charge in [0.2, 0.25) is 0 Å². The normalized spacial score (nSPS) is 17.3. The number of esters is 1. The molecular weight excluding hydrogens is 272 g/mol. The van der Waals surface area contributed by atoms with E-state index in [4.69, 9.17) is 4.74 Å². The number of hydrogen-bond acceptors (Lipinski definition) is 5. The Kier molecular flexibility index (Phi) is 7.29. The van der Waals surface area contributed by atoms with Gasteiger partial charge in [0.1, 0.15) is 0 Å². The first-order chi connectivity index (χ1) is 9.06. The lowest BCUT2D eigenvalue weighted by atomic mass is 10.2. The van der Waals surface area contributed by atoms with Crippen molar-refractivity contribution in [2.45, 2.75) is 25.7 Å². The second-order valence-electron chi connectivity index (χ2n) is 4.30. The number of nitrogens with one attached hydrogen (secondary N) is 1. The molecule has 1 rings (SSSR count). The highest BCUT2D eigenvalue weighted by Gasteiger charge is 2.23. The van der Waals surface area contributed by atoms with E-state index in [1.54, 1.807) is 0 Å². The molecule has 0 aromatic carbocycles. The van der Waals surface area contributed by atoms with Crippen molar-refractivity contribution in [1.29, 1.82) is 0 Å². The first kappa shape index (κ1) is 16.4. The molecule has 1 N–H and O–H groups in total. The molecule has 0 bridgehead atoms. The van der Waals surface area contributed by atoms with Crippen LogP contribution in [0.15, 0.2) is 0 Å². The monoisotopic (exact) mass is 294 g/mol. The Morgan fingerprint density at radius 2 is 1.95 bits per heavy atom. The average Bonchev–Trinajstić information content (AvgIpc) is 2.43. The quantitative estimate of drug-likeness (QED) is 0.498. The zero-order chi connectivity index (χ0) is 14.1. The van der Waals surface area contributed by atoms with E-state index < -0.39 is 10.2 Å². The molecule has 0 aromatic heterocycles. The van der Waals surface area contributed by atoms with Crippen LogP contribution in [0.3, 0.4) is 0 Å². The minimum Gasteiger partial charge on any atom is -0.469 e. The number of methoxy groups -OCH3 is 1. The first-order valence-corrected chi connectivity index (χ1v) is 7.89. The van der Waals surface area contributed by atoms with Gasteiger partial charge in [-0.25, -0.2) is 4.72 Å². The van der Waals surface area contributed by atoms with Gasteiger partial charge in [-0.3, -0.25) is 4.79 Å². The van der Waals surface area contributed by atoms with Crippen molar-refractivity contribution >= 4 is 16.2 Å². The molecule has 0 radical (unpaired) electrons. The maximum Gasteiger partial charge on any atom is 0.305 e. The number of carbonyl (C=O) groups is 1. The summed E-state index contributed by atoms with van der Waals surface area (Å²) in [7, 11) is -2.02. The van der Waals surface area contributed by atoms with E-state index in [-0.39, 0.29) is 5.97 Å². The molecule has 0 unspecified atom stereocenters. The molecule has 0 aliphatic carbocycles. The van der Waals surface area contributed by atoms with Gasteiger partial charge in [-0.15, -0.1) is 0 Å². The predicted octanol–water partition coefficient (Wildman–Crippen LogP) is -0.114. The smallest absolute Gasteiger partial charge is 0.305 e. The van der Waals surface area contributed by atoms with E-state index in [0.29, 0.717) is 52.1 Å². The second kappa shape index (κ2) is 8.47. The van der Waals surface area contributed by atoms with E-state index in [2.05, 4.69) is 9.46 Å². The molecule has 1 aliphatic rings. The van der Waals surface area contributed by atoms with Crippen molar-refractivity contribution in [2.24, 2.45) is 0 Å². The molecular formula is C11H22N2O5S. The highest BCUT2D eigenvalue weighted by Crippen LogP contribution is 2.04. The lowest BCUT2D eigenvalue weighted by Gasteiger charge is -2.26. The second-order valence-corrected chi connectivity index (χ2v) is 6.05. The maximum absolute atomic E-state index is 11.9. The minimum atomic E-state index is -3.38. The van der Waals surface area contributed by atoms with Crippen molar-refractivity contribution < 1.29 is 22.7 Å². The highest BCUT2D eigenvalue weighted by molar-refractivity contribution is 7.87. The van der Waals surface area contributed by atoms with Crippen LogP contribution in [0.25, 0.3) is 0 Å². The zero-order valence-electron chi connectivity index (χ0n) is 11.3. The van der Waals surface area contributed by atoms with Crippen molar-refractivity contribution in [3.63, 3.8) is 0 Å². The number of carbonyl (C=O) groups excluding carboxylic acids is 1. The van der Waals surface area contributed by atoms with Gasteiger partial charge < -0.3 is 9.47 Å². The van der Waals surface area contributed by atoms with Gasteiger partial charge in [-0.05, 0) is 12.8 Å². The summed E-state index contributed by atoms with van der Waals surface area (Å²) >= 11 is 0. The van der Waals surface area contributed by atoms with Gasteiger partial charge in [-0.1, -0.05) is 6.42 Å². The Hall–Kier alpha value is -0.700. The molecule has 7 nitrogen and oxygen atoms in total. The fourth-order valence-corrected chi connectivity index (χ4v) is 2.97. The summed E-state index contributed by atoms with van der Waals surface area (Å²) in [6, 6.07) is 0. The van der Waals surface area contributed by atoms with Gasteiger partial charge in [0.15, 0.2) is 0 Å². The third kappa shape index (κ3) is 6.33. The third-order valence-electron chi connectivity index (χ3n) is 2.88. The van der Waals surface area contributed by atoms with Crippen LogP contribution in [0.5, 0.6) is 0 Å². The number of rotatable bonds is 8. The number of ether oxygens (including phenoxy) is 2. The molecule has 8 heteroatoms. The van der Waals surface area contributed by atoms with E-state index >= 15 is 0 Å². The van der Waals surface area contributed by atoms with Crippen LogP contribution in [0.2, 0.25) is 0 Å². The molecule has 0 spiro atoms. The number of hydrogen-bond donors (Lipinski definition) is 1. The Labute approximate surface area is 114 Å². The van der Waals surface area contributed by atoms with E-state index in [9.17, 15) is 13.2 Å². The fraction of sp³-hybridized carbons (Fsp3) is 0.909. The molecule has 19 heavy (non-hydrogen) atoms. The molecule has 0 atom stereocenters. The molecule has 0 aromatic rings. The summed E-state index contributed by atoms with van der Waals surface area (Å²) in [5, 5.41) is 0. The largest absolute Gasteiger partial charge is 0.469 e. The summed E-state index contributed by atoms with van der Waals surface area (Å²) in [5.74, 6) is -0.228. The minimum absolute atomic E-state index is 0.228. The van der Waals surface area contributed by atoms with Crippen molar-refractivity contribution in [3.8, 4) is 0 Å². The molecule has 1 saturated heterocycles. The lowest BCUT2D eigenvalue weighted by Crippen LogP contribution is -2.46. The number of nitrogens with zero attached hydrogens (tertiary/aromatic N) is 1. The number of morpholine rings is 1. The van der Waals surface area contributed by atoms with Crippen LogP contribution in [0, 0.1) is 0 Å². The molecule has 1 aliphatic heterocycles. The Morgan fingerprint density at radius 1 is 1.26 bits per heavy atom. The van der Waals surface area contributed by atoms with Gasteiger partial charge in [0.25, 0.3) is 10.2 Å². The van der Waals surface area contributed by atoms with Crippen LogP contribution in [-0.2, 0) is 24.5 Å². The van der Waals surface area contributed by atoms with Gasteiger partial charge >= 0.3 is 5.97 Å². The van der Waals surface area contributed by atoms with Crippen LogP contribution in [0.4, 0.5) is 0 Å². The first-order valence-electron chi connectivity index (χ1n) is 6.45. The van der Waals surface area contributed by atoms with Crippen LogP contribution < -0.4 is 4.72 Å². The van der Waals surface area contributed by atoms with E-state index in [0.717, 1.165) is 6.42 Å². The topological polar surface area (TPSA) is 84.9 Å².